The molecule has 0 heterocycles. The van der Waals surface area contributed by atoms with Crippen molar-refractivity contribution in [1.82, 2.24) is 0 Å². The van der Waals surface area contributed by atoms with Gasteiger partial charge in [0, 0.05) is 6.08 Å². The number of ether oxygens (including phenoxy) is 3. The highest BCUT2D eigenvalue weighted by Crippen LogP contribution is 2.38. The summed E-state index contributed by atoms with van der Waals surface area (Å²) in [7, 11) is 3.00. The molecule has 0 N–H and O–H groups in total. The summed E-state index contributed by atoms with van der Waals surface area (Å²) in [5.74, 6) is 1.42. The van der Waals surface area contributed by atoms with Crippen LogP contribution in [0.5, 0.6) is 17.2 Å². The van der Waals surface area contributed by atoms with Gasteiger partial charge in [-0.3, -0.25) is 10.1 Å². The second-order valence-corrected chi connectivity index (χ2v) is 3.29. The monoisotopic (exact) mass is 253 g/mol. The minimum absolute atomic E-state index is 0.460. The first-order valence-electron chi connectivity index (χ1n) is 5.32. The third kappa shape index (κ3) is 3.38. The average Bonchev–Trinajstić information content (AvgIpc) is 2.36. The third-order valence-electron chi connectivity index (χ3n) is 2.16. The standard InChI is InChI=1S/C12H15NO5/c1-4-18-11-8-9(5-6-13(14)15)7-10(16-2)12(11)17-3/h5-8H,4H2,1-3H3/b6-5+. The first-order chi connectivity index (χ1) is 8.62. The molecule has 0 saturated heterocycles. The predicted octanol–water partition coefficient (Wildman–Crippen LogP) is 2.35. The number of hydrogen-bond donors (Lipinski definition) is 0. The molecule has 0 aromatic heterocycles. The summed E-state index contributed by atoms with van der Waals surface area (Å²) in [5, 5.41) is 10.3. The minimum Gasteiger partial charge on any atom is -0.493 e. The van der Waals surface area contributed by atoms with E-state index >= 15 is 0 Å². The molecule has 0 saturated carbocycles. The molecule has 0 spiro atoms. The largest absolute Gasteiger partial charge is 0.493 e. The molecule has 18 heavy (non-hydrogen) atoms. The summed E-state index contributed by atoms with van der Waals surface area (Å²) >= 11 is 0. The highest BCUT2D eigenvalue weighted by molar-refractivity contribution is 5.61. The zero-order valence-electron chi connectivity index (χ0n) is 10.5. The van der Waals surface area contributed by atoms with E-state index in [2.05, 4.69) is 0 Å². The highest BCUT2D eigenvalue weighted by atomic mass is 16.6. The number of methoxy groups -OCH3 is 2. The Bertz CT molecular complexity index is 456. The second kappa shape index (κ2) is 6.48. The Morgan fingerprint density at radius 2 is 1.94 bits per heavy atom. The molecule has 0 amide bonds. The average molecular weight is 253 g/mol. The number of nitro groups is 1. The number of nitrogens with zero attached hydrogens (tertiary/aromatic N) is 1. The molecule has 6 nitrogen and oxygen atoms in total. The fourth-order valence-electron chi connectivity index (χ4n) is 1.46. The van der Waals surface area contributed by atoms with Crippen LogP contribution in [0.4, 0.5) is 0 Å². The van der Waals surface area contributed by atoms with Gasteiger partial charge in [0.1, 0.15) is 0 Å². The molecule has 0 bridgehead atoms. The van der Waals surface area contributed by atoms with Gasteiger partial charge in [-0.05, 0) is 24.6 Å². The van der Waals surface area contributed by atoms with Gasteiger partial charge in [0.2, 0.25) is 11.9 Å². The van der Waals surface area contributed by atoms with Crippen LogP contribution in [0.15, 0.2) is 18.3 Å². The minimum atomic E-state index is -0.531. The van der Waals surface area contributed by atoms with Gasteiger partial charge in [0.15, 0.2) is 11.5 Å². The van der Waals surface area contributed by atoms with Gasteiger partial charge >= 0.3 is 0 Å². The van der Waals surface area contributed by atoms with Gasteiger partial charge in [-0.1, -0.05) is 0 Å². The topological polar surface area (TPSA) is 70.8 Å². The summed E-state index contributed by atoms with van der Waals surface area (Å²) in [6.45, 7) is 2.30. The molecule has 0 aliphatic heterocycles. The van der Waals surface area contributed by atoms with E-state index in [1.165, 1.54) is 20.3 Å². The lowest BCUT2D eigenvalue weighted by molar-refractivity contribution is -0.400. The van der Waals surface area contributed by atoms with Crippen LogP contribution in [-0.2, 0) is 0 Å². The van der Waals surface area contributed by atoms with E-state index in [0.717, 1.165) is 6.20 Å². The van der Waals surface area contributed by atoms with Gasteiger partial charge in [-0.15, -0.1) is 0 Å². The molecule has 6 heteroatoms. The van der Waals surface area contributed by atoms with Gasteiger partial charge in [0.25, 0.3) is 0 Å². The molecule has 0 atom stereocenters. The predicted molar refractivity (Wildman–Crippen MR) is 66.7 cm³/mol. The summed E-state index contributed by atoms with van der Waals surface area (Å²) in [6, 6.07) is 3.30. The van der Waals surface area contributed by atoms with Crippen LogP contribution in [-0.4, -0.2) is 25.7 Å². The Morgan fingerprint density at radius 3 is 2.44 bits per heavy atom. The number of rotatable bonds is 6. The second-order valence-electron chi connectivity index (χ2n) is 3.29. The van der Waals surface area contributed by atoms with Crippen molar-refractivity contribution in [1.29, 1.82) is 0 Å². The Morgan fingerprint density at radius 1 is 1.28 bits per heavy atom. The molecule has 1 aromatic rings. The smallest absolute Gasteiger partial charge is 0.235 e. The molecule has 98 valence electrons. The van der Waals surface area contributed by atoms with Crippen LogP contribution in [0, 0.1) is 10.1 Å². The zero-order chi connectivity index (χ0) is 13.5. The van der Waals surface area contributed by atoms with Crippen LogP contribution < -0.4 is 14.2 Å². The molecular formula is C12H15NO5. The zero-order valence-corrected chi connectivity index (χ0v) is 10.5. The maximum absolute atomic E-state index is 10.3. The van der Waals surface area contributed by atoms with Gasteiger partial charge in [-0.2, -0.15) is 0 Å². The van der Waals surface area contributed by atoms with E-state index < -0.39 is 4.92 Å². The number of benzene rings is 1. The summed E-state index contributed by atoms with van der Waals surface area (Å²) in [4.78, 5) is 9.76. The van der Waals surface area contributed by atoms with E-state index in [-0.39, 0.29) is 0 Å². The molecule has 1 rings (SSSR count). The van der Waals surface area contributed by atoms with Crippen molar-refractivity contribution < 1.29 is 19.1 Å². The van der Waals surface area contributed by atoms with Crippen LogP contribution >= 0.6 is 0 Å². The quantitative estimate of drug-likeness (QED) is 0.575. The summed E-state index contributed by atoms with van der Waals surface area (Å²) in [5.41, 5.74) is 0.604. The van der Waals surface area contributed by atoms with Crippen LogP contribution in [0.1, 0.15) is 12.5 Å². The van der Waals surface area contributed by atoms with Gasteiger partial charge in [0.05, 0.1) is 25.7 Å². The maximum atomic E-state index is 10.3. The van der Waals surface area contributed by atoms with E-state index in [9.17, 15) is 10.1 Å². The van der Waals surface area contributed by atoms with Crippen LogP contribution in [0.2, 0.25) is 0 Å². The van der Waals surface area contributed by atoms with Crippen LogP contribution in [0.3, 0.4) is 0 Å². The Hall–Kier alpha value is -2.24. The van der Waals surface area contributed by atoms with Crippen molar-refractivity contribution >= 4 is 6.08 Å². The summed E-state index contributed by atoms with van der Waals surface area (Å²) < 4.78 is 15.8. The fourth-order valence-corrected chi connectivity index (χ4v) is 1.46. The van der Waals surface area contributed by atoms with Gasteiger partial charge < -0.3 is 14.2 Å². The van der Waals surface area contributed by atoms with Crippen molar-refractivity contribution in [2.75, 3.05) is 20.8 Å². The van der Waals surface area contributed by atoms with Crippen molar-refractivity contribution in [2.24, 2.45) is 0 Å². The van der Waals surface area contributed by atoms with Crippen molar-refractivity contribution in [3.63, 3.8) is 0 Å². The SMILES string of the molecule is CCOc1cc(/C=C/[N+](=O)[O-])cc(OC)c1OC. The third-order valence-corrected chi connectivity index (χ3v) is 2.16. The summed E-state index contributed by atoms with van der Waals surface area (Å²) in [6.07, 6.45) is 2.22. The van der Waals surface area contributed by atoms with E-state index in [1.54, 1.807) is 12.1 Å². The Balaban J connectivity index is 3.22. The van der Waals surface area contributed by atoms with Crippen molar-refractivity contribution in [3.05, 3.63) is 34.0 Å². The van der Waals surface area contributed by atoms with Crippen molar-refractivity contribution in [2.45, 2.75) is 6.92 Å². The molecule has 0 unspecified atom stereocenters. The maximum Gasteiger partial charge on any atom is 0.235 e. The fraction of sp³-hybridized carbons (Fsp3) is 0.333. The van der Waals surface area contributed by atoms with E-state index in [0.29, 0.717) is 29.4 Å². The van der Waals surface area contributed by atoms with Gasteiger partial charge in [-0.25, -0.2) is 0 Å². The lowest BCUT2D eigenvalue weighted by Crippen LogP contribution is -1.98. The Kier molecular flexibility index (Phi) is 4.98. The lowest BCUT2D eigenvalue weighted by Gasteiger charge is -2.13. The molecule has 0 aliphatic rings. The van der Waals surface area contributed by atoms with E-state index in [1.807, 2.05) is 6.92 Å². The highest BCUT2D eigenvalue weighted by Gasteiger charge is 2.12. The molecule has 0 aliphatic carbocycles. The first kappa shape index (κ1) is 13.8. The lowest BCUT2D eigenvalue weighted by atomic mass is 10.2. The molecule has 0 radical (unpaired) electrons. The molecular weight excluding hydrogens is 238 g/mol. The Labute approximate surface area is 105 Å². The number of hydrogen-bond acceptors (Lipinski definition) is 5. The normalized spacial score (nSPS) is 10.4. The van der Waals surface area contributed by atoms with Crippen molar-refractivity contribution in [3.8, 4) is 17.2 Å². The van der Waals surface area contributed by atoms with E-state index in [4.69, 9.17) is 14.2 Å². The molecule has 1 aromatic carbocycles. The van der Waals surface area contributed by atoms with Crippen LogP contribution in [0.25, 0.3) is 6.08 Å². The molecule has 0 fully saturated rings. The first-order valence-corrected chi connectivity index (χ1v) is 5.32.